The van der Waals surface area contributed by atoms with Crippen molar-refractivity contribution in [3.05, 3.63) is 102 Å². The van der Waals surface area contributed by atoms with E-state index in [0.29, 0.717) is 16.8 Å². The first kappa shape index (κ1) is 43.3. The Balaban J connectivity index is 0.865. The third-order valence-corrected chi connectivity index (χ3v) is 14.7. The predicted octanol–water partition coefficient (Wildman–Crippen LogP) is 5.75. The molecule has 0 radical (unpaired) electrons. The number of ketones is 1. The molecular formula is C46H50F2N2O10S. The van der Waals surface area contributed by atoms with Gasteiger partial charge in [0, 0.05) is 49.9 Å². The van der Waals surface area contributed by atoms with Crippen molar-refractivity contribution in [2.75, 3.05) is 44.9 Å². The number of rotatable bonds is 15. The van der Waals surface area contributed by atoms with E-state index in [0.717, 1.165) is 14.7 Å². The van der Waals surface area contributed by atoms with Gasteiger partial charge in [-0.3, -0.25) is 24.1 Å². The molecule has 3 N–H and O–H groups in total. The average molecular weight is 861 g/mol. The van der Waals surface area contributed by atoms with Gasteiger partial charge in [-0.25, -0.2) is 8.78 Å². The third-order valence-electron chi connectivity index (χ3n) is 13.7. The summed E-state index contributed by atoms with van der Waals surface area (Å²) >= 11 is 1.47. The van der Waals surface area contributed by atoms with Gasteiger partial charge in [0.15, 0.2) is 23.3 Å². The number of aliphatic hydroxyl groups is 2. The topological polar surface area (TPSA) is 161 Å². The fourth-order valence-electron chi connectivity index (χ4n) is 10.8. The Morgan fingerprint density at radius 3 is 2.43 bits per heavy atom. The number of aliphatic hydroxyl groups excluding tert-OH is 2. The van der Waals surface area contributed by atoms with Gasteiger partial charge in [-0.15, -0.1) is 0 Å². The molecule has 2 heterocycles. The molecule has 1 saturated heterocycles. The van der Waals surface area contributed by atoms with Crippen LogP contribution in [0.4, 0.5) is 14.5 Å². The lowest BCUT2D eigenvalue weighted by Gasteiger charge is -2.63. The van der Waals surface area contributed by atoms with E-state index in [1.54, 1.807) is 38.1 Å². The zero-order valence-corrected chi connectivity index (χ0v) is 34.8. The minimum Gasteiger partial charge on any atom is -0.390 e. The van der Waals surface area contributed by atoms with Crippen molar-refractivity contribution in [1.82, 2.24) is 4.90 Å². The van der Waals surface area contributed by atoms with E-state index in [4.69, 9.17) is 18.9 Å². The van der Waals surface area contributed by atoms with Crippen LogP contribution in [0.15, 0.2) is 106 Å². The number of alkyl halides is 2. The number of halogens is 2. The number of anilines is 1. The highest BCUT2D eigenvalue weighted by Crippen LogP contribution is 2.72. The van der Waals surface area contributed by atoms with Crippen LogP contribution in [-0.4, -0.2) is 108 Å². The predicted molar refractivity (Wildman–Crippen MR) is 219 cm³/mol. The Labute approximate surface area is 357 Å². The summed E-state index contributed by atoms with van der Waals surface area (Å²) in [7, 11) is 0. The van der Waals surface area contributed by atoms with Crippen LogP contribution in [0.25, 0.3) is 0 Å². The molecule has 0 bridgehead atoms. The molecule has 15 heteroatoms. The first-order valence-electron chi connectivity index (χ1n) is 20.6. The van der Waals surface area contributed by atoms with Gasteiger partial charge in [-0.05, 0) is 73.6 Å². The van der Waals surface area contributed by atoms with Gasteiger partial charge < -0.3 is 34.5 Å². The highest BCUT2D eigenvalue weighted by molar-refractivity contribution is 7.99. The number of hydrogen-bond acceptors (Lipinski definition) is 11. The largest absolute Gasteiger partial charge is 0.390 e. The zero-order chi connectivity index (χ0) is 43.3. The number of carbonyl (C=O) groups is 4. The summed E-state index contributed by atoms with van der Waals surface area (Å²) < 4.78 is 57.9. The highest BCUT2D eigenvalue weighted by Gasteiger charge is 2.80. The molecule has 6 aliphatic rings. The summed E-state index contributed by atoms with van der Waals surface area (Å²) in [5, 5.41) is 25.0. The van der Waals surface area contributed by atoms with Crippen molar-refractivity contribution in [3.63, 3.8) is 0 Å². The fourth-order valence-corrected chi connectivity index (χ4v) is 11.6. The summed E-state index contributed by atoms with van der Waals surface area (Å²) in [5.41, 5.74) is -4.46. The first-order valence-corrected chi connectivity index (χ1v) is 21.4. The summed E-state index contributed by atoms with van der Waals surface area (Å²) in [6.45, 7) is 7.52. The molecule has 61 heavy (non-hydrogen) atoms. The van der Waals surface area contributed by atoms with Gasteiger partial charge in [0.2, 0.25) is 5.91 Å². The number of fused-ring (bicyclic) bond motifs is 7. The van der Waals surface area contributed by atoms with E-state index < -0.39 is 71.0 Å². The minimum absolute atomic E-state index is 0.126. The SMILES string of the molecule is C=C1C=C[C@@]2(C)C(=C1)[C@@H](F)C[C@H]1[C@@H]3C[C@H]4O[C@@H](c5ccc(Sc6cccc(NC(=O)CCOCCOCCN7C(=O)C=CC7=O)c6)cc5)O[C@@]4(C(=O)CO)[C@@]3(C)C[C@H](O)[C@@]12F. The summed E-state index contributed by atoms with van der Waals surface area (Å²) in [4.78, 5) is 52.5. The zero-order valence-electron chi connectivity index (χ0n) is 34.0. The smallest absolute Gasteiger partial charge is 0.253 e. The monoisotopic (exact) mass is 860 g/mol. The van der Waals surface area contributed by atoms with Crippen LogP contribution in [-0.2, 0) is 38.1 Å². The molecule has 3 saturated carbocycles. The van der Waals surface area contributed by atoms with Crippen molar-refractivity contribution < 1.29 is 57.1 Å². The summed E-state index contributed by atoms with van der Waals surface area (Å²) in [6.07, 6.45) is 2.41. The quantitative estimate of drug-likeness (QED) is 0.148. The second kappa shape index (κ2) is 16.7. The molecule has 324 valence electrons. The number of carbonyl (C=O) groups excluding carboxylic acids is 4. The van der Waals surface area contributed by atoms with Gasteiger partial charge in [-0.1, -0.05) is 61.7 Å². The van der Waals surface area contributed by atoms with Crippen LogP contribution in [0.2, 0.25) is 0 Å². The normalized spacial score (nSPS) is 34.8. The lowest BCUT2D eigenvalue weighted by Crippen LogP contribution is -2.70. The maximum Gasteiger partial charge on any atom is 0.253 e. The van der Waals surface area contributed by atoms with E-state index in [1.807, 2.05) is 42.5 Å². The van der Waals surface area contributed by atoms with Crippen molar-refractivity contribution >= 4 is 41.0 Å². The molecule has 0 unspecified atom stereocenters. The molecular weight excluding hydrogens is 811 g/mol. The summed E-state index contributed by atoms with van der Waals surface area (Å²) in [5.74, 6) is -3.10. The molecule has 4 fully saturated rings. The molecule has 8 rings (SSSR count). The first-order chi connectivity index (χ1) is 29.1. The maximum absolute atomic E-state index is 17.8. The van der Waals surface area contributed by atoms with Gasteiger partial charge in [0.25, 0.3) is 11.8 Å². The number of benzene rings is 2. The molecule has 0 aromatic heterocycles. The van der Waals surface area contributed by atoms with Gasteiger partial charge >= 0.3 is 0 Å². The number of hydrogen-bond donors (Lipinski definition) is 3. The second-order valence-corrected chi connectivity index (χ2v) is 18.2. The fraction of sp³-hybridized carbons (Fsp3) is 0.478. The van der Waals surface area contributed by atoms with Crippen LogP contribution in [0.3, 0.4) is 0 Å². The Morgan fingerprint density at radius 2 is 1.70 bits per heavy atom. The van der Waals surface area contributed by atoms with E-state index in [2.05, 4.69) is 11.9 Å². The number of amides is 3. The van der Waals surface area contributed by atoms with E-state index in [-0.39, 0.29) is 82.0 Å². The molecule has 10 atom stereocenters. The molecule has 4 aliphatic carbocycles. The van der Waals surface area contributed by atoms with Crippen molar-refractivity contribution in [3.8, 4) is 0 Å². The lowest BCUT2D eigenvalue weighted by atomic mass is 9.44. The maximum atomic E-state index is 17.8. The molecule has 2 aliphatic heterocycles. The number of Topliss-reactive ketones (excluding diaryl/α,β-unsaturated/α-hetero) is 1. The van der Waals surface area contributed by atoms with Crippen LogP contribution < -0.4 is 5.32 Å². The van der Waals surface area contributed by atoms with Crippen LogP contribution in [0, 0.1) is 22.7 Å². The molecule has 0 spiro atoms. The second-order valence-electron chi connectivity index (χ2n) is 17.0. The number of imide groups is 1. The number of nitrogens with zero attached hydrogens (tertiary/aromatic N) is 1. The van der Waals surface area contributed by atoms with E-state index in [9.17, 15) is 29.4 Å². The van der Waals surface area contributed by atoms with E-state index in [1.165, 1.54) is 23.9 Å². The highest BCUT2D eigenvalue weighted by atomic mass is 32.2. The minimum atomic E-state index is -2.22. The third kappa shape index (κ3) is 7.35. The number of nitrogens with one attached hydrogen (secondary N) is 1. The molecule has 2 aromatic rings. The molecule has 3 amide bonds. The Bertz CT molecular complexity index is 2180. The van der Waals surface area contributed by atoms with Crippen molar-refractivity contribution in [1.29, 1.82) is 0 Å². The van der Waals surface area contributed by atoms with Crippen molar-refractivity contribution in [2.45, 2.75) is 85.3 Å². The van der Waals surface area contributed by atoms with Crippen molar-refractivity contribution in [2.24, 2.45) is 22.7 Å². The van der Waals surface area contributed by atoms with Crippen LogP contribution in [0.5, 0.6) is 0 Å². The average Bonchev–Trinajstić information content (AvgIpc) is 3.86. The number of ether oxygens (including phenoxy) is 4. The molecule has 12 nitrogen and oxygen atoms in total. The number of allylic oxidation sites excluding steroid dienone is 5. The van der Waals surface area contributed by atoms with E-state index >= 15 is 8.78 Å². The van der Waals surface area contributed by atoms with Crippen LogP contribution >= 0.6 is 11.8 Å². The Kier molecular flexibility index (Phi) is 11.9. The molecule has 2 aromatic carbocycles. The van der Waals surface area contributed by atoms with Crippen LogP contribution in [0.1, 0.15) is 51.4 Å². The van der Waals surface area contributed by atoms with Gasteiger partial charge in [0.05, 0.1) is 51.6 Å². The standard InChI is InChI=1S/C46H50F2N2O10S/c1-27-13-15-43(2)34(21-27)35(47)23-33-32-24-38-46(37(53)26-51,44(32,3)25-36(52)45(33,43)48)60-42(59-38)28-7-9-30(10-8-28)61-31-6-4-5-29(22-31)49-39(54)14-17-57-19-20-58-18-16-50-40(55)11-12-41(50)56/h4-13,15,21-22,32-33,35-36,38,42,51-52H,1,14,16-20,23-26H2,2-3H3,(H,49,54)/t32-,33-,35-,36-,38+,42+,43-,44-,45-,46+/m0/s1. The van der Waals surface area contributed by atoms with Gasteiger partial charge in [-0.2, -0.15) is 0 Å². The Morgan fingerprint density at radius 1 is 0.984 bits per heavy atom. The summed E-state index contributed by atoms with van der Waals surface area (Å²) in [6, 6.07) is 14.8. The lowest BCUT2D eigenvalue weighted by molar-refractivity contribution is -0.235. The van der Waals surface area contributed by atoms with Gasteiger partial charge in [0.1, 0.15) is 12.8 Å². The Hall–Kier alpha value is -4.35.